The van der Waals surface area contributed by atoms with Gasteiger partial charge >= 0.3 is 5.97 Å². The number of anilines is 1. The molecule has 0 radical (unpaired) electrons. The van der Waals surface area contributed by atoms with Gasteiger partial charge < -0.3 is 10.5 Å². The van der Waals surface area contributed by atoms with E-state index in [9.17, 15) is 4.79 Å². The van der Waals surface area contributed by atoms with Crippen LogP contribution in [0, 0.1) is 0 Å². The van der Waals surface area contributed by atoms with Gasteiger partial charge in [0.1, 0.15) is 5.60 Å². The van der Waals surface area contributed by atoms with Gasteiger partial charge in [0.25, 0.3) is 0 Å². The summed E-state index contributed by atoms with van der Waals surface area (Å²) in [6, 6.07) is 1.47. The minimum absolute atomic E-state index is 0.0841. The van der Waals surface area contributed by atoms with Crippen molar-refractivity contribution in [1.82, 2.24) is 4.98 Å². The first-order chi connectivity index (χ1) is 6.79. The Morgan fingerprint density at radius 1 is 1.53 bits per heavy atom. The van der Waals surface area contributed by atoms with E-state index < -0.39 is 11.6 Å². The quantitative estimate of drug-likeness (QED) is 0.749. The zero-order chi connectivity index (χ0) is 11.6. The lowest BCUT2D eigenvalue weighted by Crippen LogP contribution is -2.24. The molecule has 0 aliphatic rings. The minimum Gasteiger partial charge on any atom is -0.455 e. The zero-order valence-electron chi connectivity index (χ0n) is 8.87. The Morgan fingerprint density at radius 2 is 2.13 bits per heavy atom. The Bertz CT molecular complexity index is 385. The second kappa shape index (κ2) is 4.06. The molecule has 0 amide bonds. The maximum atomic E-state index is 11.6. The maximum absolute atomic E-state index is 11.6. The number of hydrogen-bond donors (Lipinski definition) is 1. The average molecular weight is 229 g/mol. The first-order valence-electron chi connectivity index (χ1n) is 4.44. The van der Waals surface area contributed by atoms with Crippen molar-refractivity contribution < 1.29 is 9.53 Å². The predicted octanol–water partition coefficient (Wildman–Crippen LogP) is 2.27. The van der Waals surface area contributed by atoms with Gasteiger partial charge in [0, 0.05) is 0 Å². The maximum Gasteiger partial charge on any atom is 0.359 e. The van der Waals surface area contributed by atoms with Gasteiger partial charge in [0.05, 0.1) is 16.9 Å². The van der Waals surface area contributed by atoms with Crippen molar-refractivity contribution >= 4 is 23.3 Å². The van der Waals surface area contributed by atoms with E-state index in [0.717, 1.165) is 0 Å². The third-order valence-corrected chi connectivity index (χ3v) is 1.74. The largest absolute Gasteiger partial charge is 0.455 e. The lowest BCUT2D eigenvalue weighted by molar-refractivity contribution is 0.00632. The van der Waals surface area contributed by atoms with Crippen LogP contribution in [0.3, 0.4) is 0 Å². The summed E-state index contributed by atoms with van der Waals surface area (Å²) >= 11 is 5.81. The van der Waals surface area contributed by atoms with Crippen molar-refractivity contribution in [1.29, 1.82) is 0 Å². The summed E-state index contributed by atoms with van der Waals surface area (Å²) in [7, 11) is 0. The summed E-state index contributed by atoms with van der Waals surface area (Å²) in [6.45, 7) is 5.32. The van der Waals surface area contributed by atoms with Crippen LogP contribution in [0.5, 0.6) is 0 Å². The Hall–Kier alpha value is -1.29. The van der Waals surface area contributed by atoms with Gasteiger partial charge in [-0.25, -0.2) is 9.78 Å². The number of hydrogen-bond acceptors (Lipinski definition) is 4. The van der Waals surface area contributed by atoms with Crippen molar-refractivity contribution in [3.63, 3.8) is 0 Å². The molecule has 0 saturated carbocycles. The first-order valence-corrected chi connectivity index (χ1v) is 4.82. The molecule has 1 heterocycles. The molecular weight excluding hydrogens is 216 g/mol. The van der Waals surface area contributed by atoms with Gasteiger partial charge in [0.15, 0.2) is 5.69 Å². The van der Waals surface area contributed by atoms with Crippen molar-refractivity contribution in [2.45, 2.75) is 26.4 Å². The molecular formula is C10H13ClN2O2. The number of carbonyl (C=O) groups is 1. The van der Waals surface area contributed by atoms with E-state index in [2.05, 4.69) is 4.98 Å². The van der Waals surface area contributed by atoms with Gasteiger partial charge in [-0.3, -0.25) is 0 Å². The normalized spacial score (nSPS) is 11.2. The summed E-state index contributed by atoms with van der Waals surface area (Å²) < 4.78 is 5.12. The highest BCUT2D eigenvalue weighted by Gasteiger charge is 2.21. The number of nitrogens with two attached hydrogens (primary N) is 1. The third-order valence-electron chi connectivity index (χ3n) is 1.45. The molecule has 1 aromatic heterocycles. The molecule has 2 N–H and O–H groups in total. The Kier molecular flexibility index (Phi) is 3.19. The molecule has 0 fully saturated rings. The summed E-state index contributed by atoms with van der Waals surface area (Å²) in [4.78, 5) is 15.4. The van der Waals surface area contributed by atoms with Gasteiger partial charge in [0.2, 0.25) is 0 Å². The number of nitrogen functional groups attached to an aromatic ring is 1. The molecule has 15 heavy (non-hydrogen) atoms. The van der Waals surface area contributed by atoms with E-state index in [1.165, 1.54) is 12.3 Å². The summed E-state index contributed by atoms with van der Waals surface area (Å²) in [5, 5.41) is 0.198. The molecule has 0 aliphatic heterocycles. The molecule has 1 rings (SSSR count). The van der Waals surface area contributed by atoms with E-state index >= 15 is 0 Å². The molecule has 4 nitrogen and oxygen atoms in total. The fraction of sp³-hybridized carbons (Fsp3) is 0.400. The van der Waals surface area contributed by atoms with Crippen LogP contribution < -0.4 is 5.73 Å². The third kappa shape index (κ3) is 3.40. The van der Waals surface area contributed by atoms with Crippen LogP contribution in [0.2, 0.25) is 5.02 Å². The van der Waals surface area contributed by atoms with Gasteiger partial charge in [-0.1, -0.05) is 11.6 Å². The summed E-state index contributed by atoms with van der Waals surface area (Å²) in [6.07, 6.45) is 1.37. The fourth-order valence-electron chi connectivity index (χ4n) is 0.929. The van der Waals surface area contributed by atoms with Crippen molar-refractivity contribution in [2.75, 3.05) is 5.73 Å². The Labute approximate surface area is 93.4 Å². The molecule has 82 valence electrons. The number of halogens is 1. The van der Waals surface area contributed by atoms with Crippen molar-refractivity contribution in [3.8, 4) is 0 Å². The van der Waals surface area contributed by atoms with Crippen LogP contribution in [-0.4, -0.2) is 16.6 Å². The SMILES string of the molecule is CC(C)(C)OC(=O)c1ncc(N)cc1Cl. The van der Waals surface area contributed by atoms with Gasteiger partial charge in [-0.05, 0) is 26.8 Å². The van der Waals surface area contributed by atoms with E-state index in [-0.39, 0.29) is 10.7 Å². The molecule has 0 aliphatic carbocycles. The minimum atomic E-state index is -0.566. The highest BCUT2D eigenvalue weighted by molar-refractivity contribution is 6.33. The molecule has 0 saturated heterocycles. The second-order valence-corrected chi connectivity index (χ2v) is 4.51. The van der Waals surface area contributed by atoms with Crippen LogP contribution >= 0.6 is 11.6 Å². The molecule has 0 unspecified atom stereocenters. The highest BCUT2D eigenvalue weighted by atomic mass is 35.5. The smallest absolute Gasteiger partial charge is 0.359 e. The van der Waals surface area contributed by atoms with E-state index in [0.29, 0.717) is 5.69 Å². The van der Waals surface area contributed by atoms with Crippen LogP contribution in [0.25, 0.3) is 0 Å². The van der Waals surface area contributed by atoms with Crippen molar-refractivity contribution in [3.05, 3.63) is 23.0 Å². The number of ether oxygens (including phenoxy) is 1. The first kappa shape index (κ1) is 11.8. The average Bonchev–Trinajstić information content (AvgIpc) is 1.99. The summed E-state index contributed by atoms with van der Waals surface area (Å²) in [5.74, 6) is -0.549. The second-order valence-electron chi connectivity index (χ2n) is 4.10. The van der Waals surface area contributed by atoms with Crippen molar-refractivity contribution in [2.24, 2.45) is 0 Å². The Balaban J connectivity index is 2.92. The molecule has 1 aromatic rings. The molecule has 0 atom stereocenters. The number of esters is 1. The van der Waals surface area contributed by atoms with E-state index in [4.69, 9.17) is 22.1 Å². The van der Waals surface area contributed by atoms with E-state index in [1.54, 1.807) is 20.8 Å². The van der Waals surface area contributed by atoms with Crippen LogP contribution in [0.4, 0.5) is 5.69 Å². The lowest BCUT2D eigenvalue weighted by Gasteiger charge is -2.19. The van der Waals surface area contributed by atoms with E-state index in [1.807, 2.05) is 0 Å². The highest BCUT2D eigenvalue weighted by Crippen LogP contribution is 2.19. The number of rotatable bonds is 1. The van der Waals surface area contributed by atoms with Crippen LogP contribution in [-0.2, 0) is 4.74 Å². The van der Waals surface area contributed by atoms with Gasteiger partial charge in [-0.15, -0.1) is 0 Å². The Morgan fingerprint density at radius 3 is 2.60 bits per heavy atom. The molecule has 0 spiro atoms. The number of aromatic nitrogens is 1. The fourth-order valence-corrected chi connectivity index (χ4v) is 1.18. The number of carbonyl (C=O) groups excluding carboxylic acids is 1. The lowest BCUT2D eigenvalue weighted by atomic mass is 10.2. The van der Waals surface area contributed by atoms with Crippen LogP contribution in [0.1, 0.15) is 31.3 Å². The standard InChI is InChI=1S/C10H13ClN2O2/c1-10(2,3)15-9(14)8-7(11)4-6(12)5-13-8/h4-5H,12H2,1-3H3. The monoisotopic (exact) mass is 228 g/mol. The number of nitrogens with zero attached hydrogens (tertiary/aromatic N) is 1. The summed E-state index contributed by atoms with van der Waals surface area (Å²) in [5.41, 5.74) is 5.38. The topological polar surface area (TPSA) is 65.2 Å². The molecule has 0 aromatic carbocycles. The predicted molar refractivity (Wildman–Crippen MR) is 58.8 cm³/mol. The van der Waals surface area contributed by atoms with Crippen LogP contribution in [0.15, 0.2) is 12.3 Å². The molecule has 5 heteroatoms. The number of pyridine rings is 1. The van der Waals surface area contributed by atoms with Gasteiger partial charge in [-0.2, -0.15) is 0 Å². The molecule has 0 bridgehead atoms. The zero-order valence-corrected chi connectivity index (χ0v) is 9.63.